The average molecular weight is 274 g/mol. The van der Waals surface area contributed by atoms with Crippen molar-refractivity contribution in [3.8, 4) is 0 Å². The van der Waals surface area contributed by atoms with Gasteiger partial charge < -0.3 is 15.2 Å². The third kappa shape index (κ3) is 3.53. The fourth-order valence-electron chi connectivity index (χ4n) is 1.74. The molecule has 0 aliphatic rings. The van der Waals surface area contributed by atoms with Crippen molar-refractivity contribution >= 4 is 11.7 Å². The molecule has 0 bridgehead atoms. The van der Waals surface area contributed by atoms with E-state index in [1.165, 1.54) is 0 Å². The third-order valence-electron chi connectivity index (χ3n) is 2.82. The lowest BCUT2D eigenvalue weighted by Crippen LogP contribution is -2.26. The van der Waals surface area contributed by atoms with E-state index in [0.29, 0.717) is 18.5 Å². The maximum absolute atomic E-state index is 11.9. The van der Waals surface area contributed by atoms with E-state index in [-0.39, 0.29) is 5.91 Å². The minimum absolute atomic E-state index is 0.136. The van der Waals surface area contributed by atoms with Crippen LogP contribution in [0.25, 0.3) is 0 Å². The molecule has 0 saturated carbocycles. The topological polar surface area (TPSA) is 84.7 Å². The summed E-state index contributed by atoms with van der Waals surface area (Å²) in [5.74, 6) is 1.47. The summed E-state index contributed by atoms with van der Waals surface area (Å²) in [6.07, 6.45) is 3.85. The van der Waals surface area contributed by atoms with E-state index in [1.54, 1.807) is 24.7 Å². The highest BCUT2D eigenvalue weighted by atomic mass is 16.1. The molecule has 0 unspecified atom stereocenters. The monoisotopic (exact) mass is 274 g/mol. The zero-order chi connectivity index (χ0) is 14.4. The van der Waals surface area contributed by atoms with E-state index in [0.717, 1.165) is 18.2 Å². The van der Waals surface area contributed by atoms with E-state index < -0.39 is 0 Å². The Labute approximate surface area is 117 Å². The van der Waals surface area contributed by atoms with Gasteiger partial charge in [-0.25, -0.2) is 4.98 Å². The molecule has 0 aliphatic carbocycles. The highest BCUT2D eigenvalue weighted by molar-refractivity contribution is 5.94. The summed E-state index contributed by atoms with van der Waals surface area (Å²) < 4.78 is 1.83. The van der Waals surface area contributed by atoms with Crippen LogP contribution in [0.2, 0.25) is 0 Å². The van der Waals surface area contributed by atoms with Gasteiger partial charge in [0.05, 0.1) is 5.56 Å². The SMILES string of the molecule is CCNc1ccc(C(=O)NCCc2nncn2C)cn1. The van der Waals surface area contributed by atoms with Crippen LogP contribution in [-0.2, 0) is 13.5 Å². The number of aryl methyl sites for hydroxylation is 1. The number of hydrogen-bond acceptors (Lipinski definition) is 5. The van der Waals surface area contributed by atoms with E-state index in [4.69, 9.17) is 0 Å². The van der Waals surface area contributed by atoms with Crippen LogP contribution in [0, 0.1) is 0 Å². The fourth-order valence-corrected chi connectivity index (χ4v) is 1.74. The lowest BCUT2D eigenvalue weighted by molar-refractivity contribution is 0.0953. The lowest BCUT2D eigenvalue weighted by Gasteiger charge is -2.06. The second-order valence-corrected chi connectivity index (χ2v) is 4.33. The third-order valence-corrected chi connectivity index (χ3v) is 2.82. The smallest absolute Gasteiger partial charge is 0.252 e. The molecule has 20 heavy (non-hydrogen) atoms. The highest BCUT2D eigenvalue weighted by Gasteiger charge is 2.06. The van der Waals surface area contributed by atoms with Crippen molar-refractivity contribution in [1.82, 2.24) is 25.1 Å². The molecule has 0 saturated heterocycles. The Bertz CT molecular complexity index is 562. The molecular formula is C13H18N6O. The Morgan fingerprint density at radius 2 is 2.25 bits per heavy atom. The van der Waals surface area contributed by atoms with Crippen LogP contribution in [0.15, 0.2) is 24.7 Å². The molecule has 0 aromatic carbocycles. The number of pyridine rings is 1. The number of amides is 1. The maximum Gasteiger partial charge on any atom is 0.252 e. The number of carbonyl (C=O) groups is 1. The van der Waals surface area contributed by atoms with Gasteiger partial charge in [0.15, 0.2) is 0 Å². The summed E-state index contributed by atoms with van der Waals surface area (Å²) >= 11 is 0. The summed E-state index contributed by atoms with van der Waals surface area (Å²) in [5, 5.41) is 13.7. The normalized spacial score (nSPS) is 10.3. The van der Waals surface area contributed by atoms with Gasteiger partial charge in [0, 0.05) is 32.8 Å². The molecule has 7 heteroatoms. The van der Waals surface area contributed by atoms with Gasteiger partial charge in [-0.05, 0) is 19.1 Å². The van der Waals surface area contributed by atoms with Crippen molar-refractivity contribution in [1.29, 1.82) is 0 Å². The van der Waals surface area contributed by atoms with Gasteiger partial charge in [-0.15, -0.1) is 10.2 Å². The molecule has 2 rings (SSSR count). The molecule has 2 heterocycles. The van der Waals surface area contributed by atoms with Gasteiger partial charge in [-0.1, -0.05) is 0 Å². The molecule has 2 aromatic rings. The summed E-state index contributed by atoms with van der Waals surface area (Å²) in [4.78, 5) is 16.1. The molecule has 106 valence electrons. The van der Waals surface area contributed by atoms with Gasteiger partial charge in [0.2, 0.25) is 0 Å². The molecule has 1 amide bonds. The van der Waals surface area contributed by atoms with Gasteiger partial charge >= 0.3 is 0 Å². The quantitative estimate of drug-likeness (QED) is 0.806. The standard InChI is InChI=1S/C13H18N6O/c1-3-14-11-5-4-10(8-16-11)13(20)15-7-6-12-18-17-9-19(12)2/h4-5,8-9H,3,6-7H2,1-2H3,(H,14,16)(H,15,20). The summed E-state index contributed by atoms with van der Waals surface area (Å²) in [6.45, 7) is 3.31. The van der Waals surface area contributed by atoms with E-state index in [2.05, 4.69) is 25.8 Å². The molecule has 2 aromatic heterocycles. The Morgan fingerprint density at radius 1 is 1.40 bits per heavy atom. The van der Waals surface area contributed by atoms with Gasteiger partial charge in [-0.2, -0.15) is 0 Å². The van der Waals surface area contributed by atoms with Crippen LogP contribution in [0.3, 0.4) is 0 Å². The van der Waals surface area contributed by atoms with E-state index >= 15 is 0 Å². The molecule has 0 spiro atoms. The predicted molar refractivity (Wildman–Crippen MR) is 75.4 cm³/mol. The van der Waals surface area contributed by atoms with Gasteiger partial charge in [0.25, 0.3) is 5.91 Å². The van der Waals surface area contributed by atoms with E-state index in [1.807, 2.05) is 18.5 Å². The largest absolute Gasteiger partial charge is 0.370 e. The van der Waals surface area contributed by atoms with E-state index in [9.17, 15) is 4.79 Å². The van der Waals surface area contributed by atoms with Crippen molar-refractivity contribution < 1.29 is 4.79 Å². The van der Waals surface area contributed by atoms with Crippen LogP contribution in [0.5, 0.6) is 0 Å². The first-order valence-electron chi connectivity index (χ1n) is 6.51. The van der Waals surface area contributed by atoms with Crippen LogP contribution < -0.4 is 10.6 Å². The number of aromatic nitrogens is 4. The number of nitrogens with zero attached hydrogens (tertiary/aromatic N) is 4. The number of rotatable bonds is 6. The van der Waals surface area contributed by atoms with Crippen molar-refractivity contribution in [2.45, 2.75) is 13.3 Å². The molecule has 0 aliphatic heterocycles. The predicted octanol–water partition coefficient (Wildman–Crippen LogP) is 0.614. The molecule has 0 atom stereocenters. The fraction of sp³-hybridized carbons (Fsp3) is 0.385. The second-order valence-electron chi connectivity index (χ2n) is 4.33. The summed E-state index contributed by atoms with van der Waals surface area (Å²) in [7, 11) is 1.88. The Balaban J connectivity index is 1.84. The summed E-state index contributed by atoms with van der Waals surface area (Å²) in [6, 6.07) is 3.55. The van der Waals surface area contributed by atoms with Crippen LogP contribution in [-0.4, -0.2) is 38.7 Å². The minimum atomic E-state index is -0.136. The Hall–Kier alpha value is -2.44. The summed E-state index contributed by atoms with van der Waals surface area (Å²) in [5.41, 5.74) is 0.546. The second kappa shape index (κ2) is 6.65. The maximum atomic E-state index is 11.9. The first-order valence-corrected chi connectivity index (χ1v) is 6.51. The number of anilines is 1. The van der Waals surface area contributed by atoms with Gasteiger partial charge in [-0.3, -0.25) is 4.79 Å². The first kappa shape index (κ1) is 14.0. The Kier molecular flexibility index (Phi) is 4.65. The van der Waals surface area contributed by atoms with Crippen molar-refractivity contribution in [3.63, 3.8) is 0 Å². The minimum Gasteiger partial charge on any atom is -0.370 e. The average Bonchev–Trinajstić information content (AvgIpc) is 2.85. The zero-order valence-corrected chi connectivity index (χ0v) is 11.6. The van der Waals surface area contributed by atoms with Crippen LogP contribution in [0.4, 0.5) is 5.82 Å². The molecular weight excluding hydrogens is 256 g/mol. The van der Waals surface area contributed by atoms with Gasteiger partial charge in [0.1, 0.15) is 18.0 Å². The highest BCUT2D eigenvalue weighted by Crippen LogP contribution is 2.04. The Morgan fingerprint density at radius 3 is 2.85 bits per heavy atom. The number of hydrogen-bond donors (Lipinski definition) is 2. The van der Waals surface area contributed by atoms with Crippen LogP contribution in [0.1, 0.15) is 23.1 Å². The van der Waals surface area contributed by atoms with Crippen molar-refractivity contribution in [2.24, 2.45) is 7.05 Å². The van der Waals surface area contributed by atoms with Crippen LogP contribution >= 0.6 is 0 Å². The number of nitrogens with one attached hydrogen (secondary N) is 2. The molecule has 0 fully saturated rings. The first-order chi connectivity index (χ1) is 9.70. The number of carbonyl (C=O) groups excluding carboxylic acids is 1. The molecule has 7 nitrogen and oxygen atoms in total. The lowest BCUT2D eigenvalue weighted by atomic mass is 10.2. The molecule has 0 radical (unpaired) electrons. The van der Waals surface area contributed by atoms with Crippen molar-refractivity contribution in [2.75, 3.05) is 18.4 Å². The van der Waals surface area contributed by atoms with Crippen molar-refractivity contribution in [3.05, 3.63) is 36.0 Å². The zero-order valence-electron chi connectivity index (χ0n) is 11.6. The molecule has 2 N–H and O–H groups in total.